The molecule has 0 aliphatic rings. The quantitative estimate of drug-likeness (QED) is 0.878. The second-order valence-corrected chi connectivity index (χ2v) is 6.48. The average Bonchev–Trinajstić information content (AvgIpc) is 2.89. The molecule has 2 rings (SSSR count). The molecule has 19 heavy (non-hydrogen) atoms. The average molecular weight is 297 g/mol. The van der Waals surface area contributed by atoms with E-state index < -0.39 is 10.0 Å². The van der Waals surface area contributed by atoms with Crippen molar-refractivity contribution < 1.29 is 8.42 Å². The van der Waals surface area contributed by atoms with Gasteiger partial charge in [0.05, 0.1) is 16.1 Å². The summed E-state index contributed by atoms with van der Waals surface area (Å²) in [4.78, 5) is 4.36. The Morgan fingerprint density at radius 1 is 1.37 bits per heavy atom. The van der Waals surface area contributed by atoms with Gasteiger partial charge in [-0.15, -0.1) is 11.3 Å². The smallest absolute Gasteiger partial charge is 0.238 e. The molecule has 7 heteroatoms. The molecule has 1 aromatic heterocycles. The van der Waals surface area contributed by atoms with Crippen LogP contribution in [0.2, 0.25) is 0 Å². The molecule has 0 radical (unpaired) electrons. The van der Waals surface area contributed by atoms with Crippen molar-refractivity contribution in [3.05, 3.63) is 46.4 Å². The molecule has 1 atom stereocenters. The van der Waals surface area contributed by atoms with Gasteiger partial charge in [0.15, 0.2) is 0 Å². The topological polar surface area (TPSA) is 85.1 Å². The van der Waals surface area contributed by atoms with Crippen LogP contribution in [0.5, 0.6) is 0 Å². The lowest BCUT2D eigenvalue weighted by molar-refractivity contribution is 0.564. The maximum Gasteiger partial charge on any atom is 0.238 e. The van der Waals surface area contributed by atoms with Crippen LogP contribution in [0.1, 0.15) is 24.2 Å². The maximum atomic E-state index is 11.1. The van der Waals surface area contributed by atoms with E-state index >= 15 is 0 Å². The van der Waals surface area contributed by atoms with Gasteiger partial charge in [-0.25, -0.2) is 18.5 Å². The fraction of sp³-hybridized carbons (Fsp3) is 0.250. The number of hydrogen-bond acceptors (Lipinski definition) is 5. The summed E-state index contributed by atoms with van der Waals surface area (Å²) in [5.41, 5.74) is 3.80. The zero-order valence-electron chi connectivity index (χ0n) is 10.4. The lowest BCUT2D eigenvalue weighted by Gasteiger charge is -2.11. The van der Waals surface area contributed by atoms with E-state index in [2.05, 4.69) is 10.3 Å². The number of thiazole rings is 1. The summed E-state index contributed by atoms with van der Waals surface area (Å²) >= 11 is 1.56. The van der Waals surface area contributed by atoms with Gasteiger partial charge in [-0.2, -0.15) is 0 Å². The van der Waals surface area contributed by atoms with Crippen molar-refractivity contribution in [3.63, 3.8) is 0 Å². The van der Waals surface area contributed by atoms with Gasteiger partial charge >= 0.3 is 0 Å². The third kappa shape index (κ3) is 3.84. The minimum Gasteiger partial charge on any atom is -0.305 e. The van der Waals surface area contributed by atoms with Crippen molar-refractivity contribution in [2.24, 2.45) is 5.14 Å². The molecule has 3 N–H and O–H groups in total. The lowest BCUT2D eigenvalue weighted by atomic mass is 10.2. The Labute approximate surface area is 116 Å². The predicted octanol–water partition coefficient (Wildman–Crippen LogP) is 1.64. The van der Waals surface area contributed by atoms with E-state index in [0.717, 1.165) is 11.3 Å². The molecule has 0 fully saturated rings. The third-order valence-corrected chi connectivity index (χ3v) is 4.29. The number of rotatable bonds is 5. The molecule has 0 spiro atoms. The standard InChI is InChI=1S/C12H15N3O2S2/c1-9(12-7-18-8-15-12)14-6-10-2-4-11(5-3-10)19(13,16)17/h2-5,7-9,14H,6H2,1H3,(H2,13,16,17). The van der Waals surface area contributed by atoms with Gasteiger partial charge in [-0.1, -0.05) is 12.1 Å². The van der Waals surface area contributed by atoms with E-state index in [4.69, 9.17) is 5.14 Å². The number of benzene rings is 1. The van der Waals surface area contributed by atoms with Crippen LogP contribution in [0.3, 0.4) is 0 Å². The van der Waals surface area contributed by atoms with Crippen molar-refractivity contribution in [2.45, 2.75) is 24.4 Å². The zero-order chi connectivity index (χ0) is 13.9. The molecule has 0 amide bonds. The molecule has 0 saturated heterocycles. The molecule has 0 bridgehead atoms. The molecule has 0 saturated carbocycles. The van der Waals surface area contributed by atoms with Crippen LogP contribution in [-0.2, 0) is 16.6 Å². The number of nitrogens with one attached hydrogen (secondary N) is 1. The molecule has 1 aromatic carbocycles. The van der Waals surface area contributed by atoms with Gasteiger partial charge in [-0.3, -0.25) is 0 Å². The Morgan fingerprint density at radius 3 is 2.58 bits per heavy atom. The first-order valence-corrected chi connectivity index (χ1v) is 8.19. The van der Waals surface area contributed by atoms with Crippen LogP contribution >= 0.6 is 11.3 Å². The molecular weight excluding hydrogens is 282 g/mol. The minimum atomic E-state index is -3.62. The van der Waals surface area contributed by atoms with E-state index in [1.807, 2.05) is 12.3 Å². The zero-order valence-corrected chi connectivity index (χ0v) is 12.0. The van der Waals surface area contributed by atoms with E-state index in [1.165, 1.54) is 12.1 Å². The molecule has 102 valence electrons. The van der Waals surface area contributed by atoms with Crippen molar-refractivity contribution in [2.75, 3.05) is 0 Å². The first-order valence-electron chi connectivity index (χ1n) is 5.70. The highest BCUT2D eigenvalue weighted by molar-refractivity contribution is 7.89. The van der Waals surface area contributed by atoms with Crippen LogP contribution in [0, 0.1) is 0 Å². The molecule has 1 unspecified atom stereocenters. The van der Waals surface area contributed by atoms with E-state index in [1.54, 1.807) is 29.0 Å². The summed E-state index contributed by atoms with van der Waals surface area (Å²) in [5, 5.41) is 10.4. The second-order valence-electron chi connectivity index (χ2n) is 4.20. The first kappa shape index (κ1) is 14.1. The number of aromatic nitrogens is 1. The first-order chi connectivity index (χ1) is 8.97. The highest BCUT2D eigenvalue weighted by atomic mass is 32.2. The lowest BCUT2D eigenvalue weighted by Crippen LogP contribution is -2.18. The summed E-state index contributed by atoms with van der Waals surface area (Å²) < 4.78 is 22.2. The number of nitrogens with two attached hydrogens (primary N) is 1. The van der Waals surface area contributed by atoms with Crippen molar-refractivity contribution in [3.8, 4) is 0 Å². The van der Waals surface area contributed by atoms with Gasteiger partial charge in [0.1, 0.15) is 0 Å². The molecule has 1 heterocycles. The highest BCUT2D eigenvalue weighted by Gasteiger charge is 2.08. The fourth-order valence-electron chi connectivity index (χ4n) is 1.61. The predicted molar refractivity (Wildman–Crippen MR) is 75.2 cm³/mol. The Balaban J connectivity index is 1.97. The molecule has 2 aromatic rings. The summed E-state index contributed by atoms with van der Waals surface area (Å²) in [7, 11) is -3.62. The Hall–Kier alpha value is -1.28. The van der Waals surface area contributed by atoms with Crippen LogP contribution in [0.4, 0.5) is 0 Å². The molecular formula is C12H15N3O2S2. The molecule has 5 nitrogen and oxygen atoms in total. The Bertz CT molecular complexity index is 622. The van der Waals surface area contributed by atoms with Gasteiger partial charge in [-0.05, 0) is 24.6 Å². The largest absolute Gasteiger partial charge is 0.305 e. The number of primary sulfonamides is 1. The van der Waals surface area contributed by atoms with Crippen LogP contribution in [0.15, 0.2) is 40.1 Å². The molecule has 0 aliphatic heterocycles. The number of nitrogens with zero attached hydrogens (tertiary/aromatic N) is 1. The summed E-state index contributed by atoms with van der Waals surface area (Å²) in [6.45, 7) is 2.68. The normalized spacial score (nSPS) is 13.4. The van der Waals surface area contributed by atoms with Crippen molar-refractivity contribution in [1.29, 1.82) is 0 Å². The second kappa shape index (κ2) is 5.79. The van der Waals surface area contributed by atoms with Crippen LogP contribution < -0.4 is 10.5 Å². The highest BCUT2D eigenvalue weighted by Crippen LogP contribution is 2.13. The van der Waals surface area contributed by atoms with E-state index in [9.17, 15) is 8.42 Å². The van der Waals surface area contributed by atoms with Gasteiger partial charge in [0.2, 0.25) is 10.0 Å². The monoisotopic (exact) mass is 297 g/mol. The van der Waals surface area contributed by atoms with Gasteiger partial charge in [0, 0.05) is 18.0 Å². The number of hydrogen-bond donors (Lipinski definition) is 2. The summed E-state index contributed by atoms with van der Waals surface area (Å²) in [5.74, 6) is 0. The summed E-state index contributed by atoms with van der Waals surface area (Å²) in [6.07, 6.45) is 0. The van der Waals surface area contributed by atoms with Gasteiger partial charge in [0.25, 0.3) is 0 Å². The van der Waals surface area contributed by atoms with E-state index in [0.29, 0.717) is 6.54 Å². The minimum absolute atomic E-state index is 0.129. The van der Waals surface area contributed by atoms with Crippen molar-refractivity contribution in [1.82, 2.24) is 10.3 Å². The summed E-state index contributed by atoms with van der Waals surface area (Å²) in [6, 6.07) is 6.69. The van der Waals surface area contributed by atoms with E-state index in [-0.39, 0.29) is 10.9 Å². The Morgan fingerprint density at radius 2 is 2.05 bits per heavy atom. The van der Waals surface area contributed by atoms with Crippen LogP contribution in [0.25, 0.3) is 0 Å². The van der Waals surface area contributed by atoms with Crippen molar-refractivity contribution >= 4 is 21.4 Å². The molecule has 0 aliphatic carbocycles. The Kier molecular flexibility index (Phi) is 4.31. The van der Waals surface area contributed by atoms with Gasteiger partial charge < -0.3 is 5.32 Å². The number of sulfonamides is 1. The fourth-order valence-corrected chi connectivity index (χ4v) is 2.77. The van der Waals surface area contributed by atoms with Crippen LogP contribution in [-0.4, -0.2) is 13.4 Å². The third-order valence-electron chi connectivity index (χ3n) is 2.76. The maximum absolute atomic E-state index is 11.1. The SMILES string of the molecule is CC(NCc1ccc(S(N)(=O)=O)cc1)c1cscn1.